The molecule has 0 aromatic carbocycles. The molecule has 0 unspecified atom stereocenters. The number of anilines is 1. The average molecular weight is 281 g/mol. The van der Waals surface area contributed by atoms with Crippen LogP contribution in [0.15, 0.2) is 12.3 Å². The van der Waals surface area contributed by atoms with E-state index in [2.05, 4.69) is 15.3 Å². The van der Waals surface area contributed by atoms with Gasteiger partial charge in [-0.1, -0.05) is 0 Å². The number of carbonyl (C=O) groups is 1. The Morgan fingerprint density at radius 1 is 1.50 bits per heavy atom. The van der Waals surface area contributed by atoms with Crippen molar-refractivity contribution < 1.29 is 9.18 Å². The van der Waals surface area contributed by atoms with Gasteiger partial charge in [0.1, 0.15) is 0 Å². The van der Waals surface area contributed by atoms with Crippen molar-refractivity contribution in [2.45, 2.75) is 18.9 Å². The van der Waals surface area contributed by atoms with Crippen molar-refractivity contribution in [3.8, 4) is 0 Å². The second kappa shape index (κ2) is 6.15. The molecule has 1 aromatic heterocycles. The molecular weight excluding hydrogens is 261 g/mol. The van der Waals surface area contributed by atoms with Crippen molar-refractivity contribution in [3.05, 3.63) is 23.6 Å². The molecule has 0 bridgehead atoms. The van der Waals surface area contributed by atoms with E-state index in [4.69, 9.17) is 5.84 Å². The van der Waals surface area contributed by atoms with Crippen LogP contribution in [0.2, 0.25) is 0 Å². The lowest BCUT2D eigenvalue weighted by atomic mass is 10.0. The predicted octanol–water partition coefficient (Wildman–Crippen LogP) is 0.672. The summed E-state index contributed by atoms with van der Waals surface area (Å²) in [5, 5.41) is 0. The number of nitrogens with one attached hydrogen (secondary N) is 1. The normalized spacial score (nSPS) is 16.6. The van der Waals surface area contributed by atoms with Gasteiger partial charge in [-0.3, -0.25) is 4.79 Å². The van der Waals surface area contributed by atoms with Gasteiger partial charge in [0.15, 0.2) is 11.6 Å². The fourth-order valence-corrected chi connectivity index (χ4v) is 2.47. The van der Waals surface area contributed by atoms with Crippen molar-refractivity contribution in [2.75, 3.05) is 32.6 Å². The van der Waals surface area contributed by atoms with E-state index in [1.54, 1.807) is 4.90 Å². The smallest absolute Gasteiger partial charge is 0.257 e. The third kappa shape index (κ3) is 2.88. The highest BCUT2D eigenvalue weighted by Crippen LogP contribution is 2.20. The quantitative estimate of drug-likeness (QED) is 0.629. The van der Waals surface area contributed by atoms with E-state index in [0.717, 1.165) is 12.8 Å². The van der Waals surface area contributed by atoms with E-state index in [1.165, 1.54) is 12.3 Å². The number of hydrazine groups is 1. The summed E-state index contributed by atoms with van der Waals surface area (Å²) in [6, 6.07) is 1.86. The molecule has 6 nitrogen and oxygen atoms in total. The van der Waals surface area contributed by atoms with Crippen LogP contribution in [0.5, 0.6) is 0 Å². The molecule has 2 heterocycles. The number of halogens is 1. The van der Waals surface area contributed by atoms with Gasteiger partial charge >= 0.3 is 0 Å². The van der Waals surface area contributed by atoms with Crippen molar-refractivity contribution in [1.29, 1.82) is 0 Å². The summed E-state index contributed by atoms with van der Waals surface area (Å²) in [7, 11) is 4.06. The minimum Gasteiger partial charge on any atom is -0.338 e. The Bertz CT molecular complexity index is 486. The zero-order chi connectivity index (χ0) is 14.7. The van der Waals surface area contributed by atoms with E-state index < -0.39 is 5.82 Å². The first kappa shape index (κ1) is 14.7. The Balaban J connectivity index is 2.09. The van der Waals surface area contributed by atoms with Gasteiger partial charge < -0.3 is 15.2 Å². The minimum atomic E-state index is -0.699. The second-order valence-corrected chi connectivity index (χ2v) is 5.15. The molecule has 0 saturated carbocycles. The molecule has 20 heavy (non-hydrogen) atoms. The van der Waals surface area contributed by atoms with Gasteiger partial charge in [-0.25, -0.2) is 15.2 Å². The highest BCUT2D eigenvalue weighted by atomic mass is 19.1. The molecule has 110 valence electrons. The Labute approximate surface area is 117 Å². The van der Waals surface area contributed by atoms with Crippen LogP contribution < -0.4 is 11.3 Å². The Kier molecular flexibility index (Phi) is 4.51. The number of nitrogens with two attached hydrogens (primary N) is 1. The van der Waals surface area contributed by atoms with Crippen LogP contribution in [0.25, 0.3) is 0 Å². The summed E-state index contributed by atoms with van der Waals surface area (Å²) in [5.74, 6) is 4.05. The molecule has 0 aliphatic carbocycles. The highest BCUT2D eigenvalue weighted by Gasteiger charge is 2.26. The Morgan fingerprint density at radius 2 is 2.15 bits per heavy atom. The van der Waals surface area contributed by atoms with Gasteiger partial charge in [-0.15, -0.1) is 0 Å². The number of rotatable bonds is 3. The molecule has 0 radical (unpaired) electrons. The summed E-state index contributed by atoms with van der Waals surface area (Å²) in [6.07, 6.45) is 3.17. The summed E-state index contributed by atoms with van der Waals surface area (Å²) < 4.78 is 14.0. The lowest BCUT2D eigenvalue weighted by Crippen LogP contribution is -2.44. The lowest BCUT2D eigenvalue weighted by molar-refractivity contribution is 0.0658. The van der Waals surface area contributed by atoms with E-state index in [-0.39, 0.29) is 17.3 Å². The van der Waals surface area contributed by atoms with E-state index in [0.29, 0.717) is 19.1 Å². The molecule has 0 spiro atoms. The van der Waals surface area contributed by atoms with E-state index in [9.17, 15) is 9.18 Å². The zero-order valence-corrected chi connectivity index (χ0v) is 11.8. The number of hydrogen-bond donors (Lipinski definition) is 2. The van der Waals surface area contributed by atoms with Gasteiger partial charge in [0.25, 0.3) is 5.91 Å². The van der Waals surface area contributed by atoms with Crippen molar-refractivity contribution in [1.82, 2.24) is 14.8 Å². The summed E-state index contributed by atoms with van der Waals surface area (Å²) in [4.78, 5) is 19.9. The van der Waals surface area contributed by atoms with Crippen molar-refractivity contribution in [3.63, 3.8) is 0 Å². The van der Waals surface area contributed by atoms with Gasteiger partial charge in [0, 0.05) is 25.3 Å². The third-order valence-corrected chi connectivity index (χ3v) is 3.74. The maximum Gasteiger partial charge on any atom is 0.257 e. The van der Waals surface area contributed by atoms with Gasteiger partial charge in [0.2, 0.25) is 0 Å². The highest BCUT2D eigenvalue weighted by molar-refractivity contribution is 5.95. The maximum absolute atomic E-state index is 14.0. The van der Waals surface area contributed by atoms with Crippen LogP contribution in [-0.4, -0.2) is 53.9 Å². The standard InChI is InChI=1S/C13H20FN5O/c1-18(2)9-4-7-19(8-5-9)13(20)10-3-6-16-12(17-15)11(10)14/h3,6,9H,4-5,7-8,15H2,1-2H3,(H,16,17). The van der Waals surface area contributed by atoms with Crippen LogP contribution in [0.3, 0.4) is 0 Å². The number of nitrogen functional groups attached to an aromatic ring is 1. The van der Waals surface area contributed by atoms with E-state index >= 15 is 0 Å². The molecule has 1 aliphatic heterocycles. The topological polar surface area (TPSA) is 74.5 Å². The van der Waals surface area contributed by atoms with E-state index in [1.807, 2.05) is 14.1 Å². The van der Waals surface area contributed by atoms with Crippen molar-refractivity contribution >= 4 is 11.7 Å². The predicted molar refractivity (Wildman–Crippen MR) is 74.6 cm³/mol. The SMILES string of the molecule is CN(C)C1CCN(C(=O)c2ccnc(NN)c2F)CC1. The van der Waals surface area contributed by atoms with Crippen LogP contribution in [0, 0.1) is 5.82 Å². The minimum absolute atomic E-state index is 0.0104. The molecule has 2 rings (SSSR count). The van der Waals surface area contributed by atoms with Crippen molar-refractivity contribution in [2.24, 2.45) is 5.84 Å². The Morgan fingerprint density at radius 3 is 2.70 bits per heavy atom. The fourth-order valence-electron chi connectivity index (χ4n) is 2.47. The zero-order valence-electron chi connectivity index (χ0n) is 11.8. The number of piperidine rings is 1. The first-order valence-electron chi connectivity index (χ1n) is 6.61. The largest absolute Gasteiger partial charge is 0.338 e. The third-order valence-electron chi connectivity index (χ3n) is 3.74. The second-order valence-electron chi connectivity index (χ2n) is 5.15. The molecule has 1 saturated heterocycles. The number of carbonyl (C=O) groups excluding carboxylic acids is 1. The molecule has 7 heteroatoms. The maximum atomic E-state index is 14.0. The number of amides is 1. The fraction of sp³-hybridized carbons (Fsp3) is 0.538. The molecule has 3 N–H and O–H groups in total. The summed E-state index contributed by atoms with van der Waals surface area (Å²) in [6.45, 7) is 1.27. The van der Waals surface area contributed by atoms with Gasteiger partial charge in [0.05, 0.1) is 5.56 Å². The Hall–Kier alpha value is -1.73. The van der Waals surface area contributed by atoms with Crippen LogP contribution in [-0.2, 0) is 0 Å². The molecule has 1 aromatic rings. The molecular formula is C13H20FN5O. The van der Waals surface area contributed by atoms with Crippen LogP contribution >= 0.6 is 0 Å². The molecule has 1 amide bonds. The van der Waals surface area contributed by atoms with Crippen LogP contribution in [0.4, 0.5) is 10.2 Å². The first-order valence-corrected chi connectivity index (χ1v) is 6.61. The molecule has 0 atom stereocenters. The average Bonchev–Trinajstić information content (AvgIpc) is 2.47. The number of hydrogen-bond acceptors (Lipinski definition) is 5. The molecule has 1 fully saturated rings. The number of aromatic nitrogens is 1. The number of likely N-dealkylation sites (tertiary alicyclic amines) is 1. The summed E-state index contributed by atoms with van der Waals surface area (Å²) in [5.41, 5.74) is 2.16. The summed E-state index contributed by atoms with van der Waals surface area (Å²) >= 11 is 0. The number of nitrogens with zero attached hydrogens (tertiary/aromatic N) is 3. The molecule has 1 aliphatic rings. The number of pyridine rings is 1. The van der Waals surface area contributed by atoms with Gasteiger partial charge in [-0.2, -0.15) is 0 Å². The first-order chi connectivity index (χ1) is 9.54. The monoisotopic (exact) mass is 281 g/mol. The van der Waals surface area contributed by atoms with Crippen LogP contribution in [0.1, 0.15) is 23.2 Å². The van der Waals surface area contributed by atoms with Gasteiger partial charge in [-0.05, 0) is 33.0 Å². The lowest BCUT2D eigenvalue weighted by Gasteiger charge is -2.35.